The van der Waals surface area contributed by atoms with Gasteiger partial charge in [0.15, 0.2) is 5.82 Å². The minimum atomic E-state index is -4.36. The lowest BCUT2D eigenvalue weighted by Crippen LogP contribution is -2.72. The van der Waals surface area contributed by atoms with Gasteiger partial charge in [0.05, 0.1) is 11.3 Å². The molecule has 0 radical (unpaired) electrons. The molecule has 63 heavy (non-hydrogen) atoms. The number of amides is 3. The van der Waals surface area contributed by atoms with Gasteiger partial charge in [-0.1, -0.05) is 30.4 Å². The molecule has 3 N–H and O–H groups in total. The van der Waals surface area contributed by atoms with E-state index in [1.165, 1.54) is 6.20 Å². The molecule has 4 fully saturated rings. The van der Waals surface area contributed by atoms with E-state index in [0.29, 0.717) is 35.1 Å². The topological polar surface area (TPSA) is 168 Å². The Morgan fingerprint density at radius 1 is 0.968 bits per heavy atom. The minimum absolute atomic E-state index is 0.00173. The Balaban J connectivity index is 0.743. The monoisotopic (exact) mass is 878 g/mol. The first-order valence-electron chi connectivity index (χ1n) is 20.7. The van der Waals surface area contributed by atoms with E-state index in [-0.39, 0.29) is 48.7 Å². The number of piperidine rings is 1. The number of carbonyl (C=O) groups excluding carboxylic acids is 4. The standard InChI is InChI=1S/C45H41F3N8O6S/c46-30-13-15-55(21-30)63(61,62)52-36-10-9-35(47)39(40(36)48)41(58)34-19-50-42-33(34)17-28(18-49-42)27-4-6-31(7-5-27)54-24-45(25-54)22-53(23-45)14-1-2-26-3-8-32-29(16-26)20-56(44(32)60)37-11-12-38(57)51-43(37)59/h1-10,16-19,30,37,52H,11-15,20-25H2,(H,49,50)(H,51,57,59)/b2-1+/t30-,37+/m1/s1. The first kappa shape index (κ1) is 40.7. The second kappa shape index (κ2) is 15.5. The van der Waals surface area contributed by atoms with Gasteiger partial charge in [-0.3, -0.25) is 34.1 Å². The van der Waals surface area contributed by atoms with Crippen LogP contribution < -0.4 is 14.9 Å². The van der Waals surface area contributed by atoms with Crippen LogP contribution in [0.25, 0.3) is 28.2 Å². The maximum atomic E-state index is 15.7. The molecule has 2 atom stereocenters. The highest BCUT2D eigenvalue weighted by Crippen LogP contribution is 2.42. The molecule has 7 heterocycles. The number of pyridine rings is 1. The summed E-state index contributed by atoms with van der Waals surface area (Å²) in [4.78, 5) is 64.3. The van der Waals surface area contributed by atoms with E-state index in [4.69, 9.17) is 0 Å². The summed E-state index contributed by atoms with van der Waals surface area (Å²) in [7, 11) is -4.36. The number of halogens is 3. The summed E-state index contributed by atoms with van der Waals surface area (Å²) in [6, 6.07) is 16.4. The molecule has 5 aromatic rings. The number of hydrogen-bond donors (Lipinski definition) is 3. The molecule has 5 aliphatic rings. The Labute approximate surface area is 359 Å². The highest BCUT2D eigenvalue weighted by atomic mass is 32.2. The fourth-order valence-corrected chi connectivity index (χ4v) is 10.8. The van der Waals surface area contributed by atoms with Gasteiger partial charge in [0, 0.05) is 104 Å². The van der Waals surface area contributed by atoms with Gasteiger partial charge in [0.1, 0.15) is 23.7 Å². The number of alkyl halides is 1. The Hall–Kier alpha value is -6.37. The second-order valence-corrected chi connectivity index (χ2v) is 18.7. The summed E-state index contributed by atoms with van der Waals surface area (Å²) in [5.74, 6) is -4.48. The molecular formula is C45H41F3N8O6S. The first-order valence-corrected chi connectivity index (χ1v) is 22.1. The molecule has 0 bridgehead atoms. The molecule has 10 rings (SSSR count). The van der Waals surface area contributed by atoms with Gasteiger partial charge in [-0.05, 0) is 72.0 Å². The molecular weight excluding hydrogens is 838 g/mol. The molecule has 18 heteroatoms. The molecule has 14 nitrogen and oxygen atoms in total. The van der Waals surface area contributed by atoms with Crippen molar-refractivity contribution >= 4 is 62.2 Å². The Bertz CT molecular complexity index is 2870. The van der Waals surface area contributed by atoms with Gasteiger partial charge in [0.2, 0.25) is 17.6 Å². The molecule has 324 valence electrons. The van der Waals surface area contributed by atoms with E-state index in [1.54, 1.807) is 17.2 Å². The average molecular weight is 879 g/mol. The molecule has 0 saturated carbocycles. The molecule has 0 unspecified atom stereocenters. The molecule has 5 aliphatic heterocycles. The van der Waals surface area contributed by atoms with Crippen molar-refractivity contribution in [2.45, 2.75) is 38.0 Å². The number of benzene rings is 3. The highest BCUT2D eigenvalue weighted by Gasteiger charge is 2.51. The van der Waals surface area contributed by atoms with Gasteiger partial charge >= 0.3 is 10.2 Å². The lowest BCUT2D eigenvalue weighted by molar-refractivity contribution is -0.136. The van der Waals surface area contributed by atoms with Crippen LogP contribution in [-0.4, -0.2) is 114 Å². The van der Waals surface area contributed by atoms with E-state index in [2.05, 4.69) is 37.2 Å². The van der Waals surface area contributed by atoms with E-state index < -0.39 is 57.0 Å². The van der Waals surface area contributed by atoms with Crippen molar-refractivity contribution in [3.8, 4) is 11.1 Å². The number of imide groups is 1. The van der Waals surface area contributed by atoms with E-state index in [0.717, 1.165) is 71.5 Å². The van der Waals surface area contributed by atoms with Crippen molar-refractivity contribution in [1.29, 1.82) is 0 Å². The van der Waals surface area contributed by atoms with Gasteiger partial charge < -0.3 is 14.8 Å². The second-order valence-electron chi connectivity index (χ2n) is 17.1. The number of rotatable bonds is 11. The fourth-order valence-electron chi connectivity index (χ4n) is 9.51. The van der Waals surface area contributed by atoms with Crippen molar-refractivity contribution in [2.24, 2.45) is 5.41 Å². The van der Waals surface area contributed by atoms with Crippen LogP contribution >= 0.6 is 0 Å². The fraction of sp³-hybridized carbons (Fsp3) is 0.311. The molecule has 3 aromatic carbocycles. The summed E-state index contributed by atoms with van der Waals surface area (Å²) in [5.41, 5.74) is 3.92. The van der Waals surface area contributed by atoms with Crippen LogP contribution in [0.2, 0.25) is 0 Å². The number of H-pyrrole nitrogens is 1. The van der Waals surface area contributed by atoms with Crippen LogP contribution in [-0.2, 0) is 26.3 Å². The number of aromatic amines is 1. The van der Waals surface area contributed by atoms with Crippen LogP contribution in [0.15, 0.2) is 79.1 Å². The minimum Gasteiger partial charge on any atom is -0.370 e. The largest absolute Gasteiger partial charge is 0.370 e. The SMILES string of the molecule is O=C1CC[C@H](N2Cc3cc(/C=C/CN4CC5(C4)CN(c4ccc(-c6cnc7[nH]cc(C(=O)c8c(F)ccc(NS(=O)(=O)N9CC[C@@H](F)C9)c8F)c7c6)cc4)C5)ccc3C2=O)C(=O)N1. The number of likely N-dealkylation sites (tertiary alicyclic amines) is 1. The summed E-state index contributed by atoms with van der Waals surface area (Å²) < 4.78 is 72.9. The summed E-state index contributed by atoms with van der Waals surface area (Å²) in [6.45, 7) is 4.44. The summed E-state index contributed by atoms with van der Waals surface area (Å²) in [6.07, 6.45) is 6.32. The van der Waals surface area contributed by atoms with Crippen LogP contribution in [0.1, 0.15) is 56.7 Å². The third kappa shape index (κ3) is 7.44. The quantitative estimate of drug-likeness (QED) is 0.122. The van der Waals surface area contributed by atoms with E-state index in [1.807, 2.05) is 47.2 Å². The summed E-state index contributed by atoms with van der Waals surface area (Å²) >= 11 is 0. The average Bonchev–Trinajstić information content (AvgIpc) is 3.96. The Morgan fingerprint density at radius 3 is 2.51 bits per heavy atom. The number of ketones is 1. The number of fused-ring (bicyclic) bond motifs is 2. The molecule has 4 saturated heterocycles. The van der Waals surface area contributed by atoms with Gasteiger partial charge in [-0.2, -0.15) is 12.7 Å². The van der Waals surface area contributed by atoms with Crippen LogP contribution in [0.4, 0.5) is 24.5 Å². The predicted octanol–water partition coefficient (Wildman–Crippen LogP) is 5.04. The number of carbonyl (C=O) groups is 4. The van der Waals surface area contributed by atoms with Gasteiger partial charge in [0.25, 0.3) is 5.91 Å². The number of hydrogen-bond acceptors (Lipinski definition) is 9. The zero-order chi connectivity index (χ0) is 43.8. The molecule has 1 spiro atoms. The van der Waals surface area contributed by atoms with Crippen molar-refractivity contribution in [2.75, 3.05) is 55.4 Å². The van der Waals surface area contributed by atoms with Crippen molar-refractivity contribution in [3.05, 3.63) is 119 Å². The zero-order valence-electron chi connectivity index (χ0n) is 33.7. The number of aromatic nitrogens is 2. The lowest BCUT2D eigenvalue weighted by Gasteiger charge is -2.61. The third-order valence-corrected chi connectivity index (χ3v) is 14.2. The number of nitrogens with one attached hydrogen (secondary N) is 3. The van der Waals surface area contributed by atoms with E-state index in [9.17, 15) is 32.0 Å². The van der Waals surface area contributed by atoms with Gasteiger partial charge in [-0.25, -0.2) is 18.2 Å². The van der Waals surface area contributed by atoms with Crippen LogP contribution in [0.5, 0.6) is 0 Å². The maximum absolute atomic E-state index is 15.7. The van der Waals surface area contributed by atoms with Crippen molar-refractivity contribution < 1.29 is 40.8 Å². The predicted molar refractivity (Wildman–Crippen MR) is 228 cm³/mol. The highest BCUT2D eigenvalue weighted by molar-refractivity contribution is 7.90. The van der Waals surface area contributed by atoms with Crippen molar-refractivity contribution in [1.82, 2.24) is 29.4 Å². The van der Waals surface area contributed by atoms with Crippen molar-refractivity contribution in [3.63, 3.8) is 0 Å². The first-order chi connectivity index (χ1) is 30.2. The number of nitrogens with zero attached hydrogens (tertiary/aromatic N) is 5. The lowest BCUT2D eigenvalue weighted by atomic mass is 9.72. The Morgan fingerprint density at radius 2 is 1.76 bits per heavy atom. The smallest absolute Gasteiger partial charge is 0.301 e. The van der Waals surface area contributed by atoms with Crippen LogP contribution in [0, 0.1) is 17.0 Å². The van der Waals surface area contributed by atoms with Crippen LogP contribution in [0.3, 0.4) is 0 Å². The van der Waals surface area contributed by atoms with Gasteiger partial charge in [-0.15, -0.1) is 0 Å². The summed E-state index contributed by atoms with van der Waals surface area (Å²) in [5, 5.41) is 2.66. The number of anilines is 2. The van der Waals surface area contributed by atoms with E-state index >= 15 is 8.78 Å². The maximum Gasteiger partial charge on any atom is 0.301 e. The molecule has 0 aliphatic carbocycles. The zero-order valence-corrected chi connectivity index (χ0v) is 34.6. The third-order valence-electron chi connectivity index (χ3n) is 12.7. The Kier molecular flexibility index (Phi) is 9.98. The molecule has 2 aromatic heterocycles. The molecule has 3 amide bonds. The normalized spacial score (nSPS) is 21.3.